The van der Waals surface area contributed by atoms with Gasteiger partial charge in [0.05, 0.1) is 17.0 Å². The van der Waals surface area contributed by atoms with Crippen LogP contribution in [0.3, 0.4) is 0 Å². The molecule has 1 aliphatic heterocycles. The second-order valence-corrected chi connectivity index (χ2v) is 10.9. The Hall–Kier alpha value is -3.26. The topological polar surface area (TPSA) is 40.5 Å². The number of rotatable bonds is 6. The van der Waals surface area contributed by atoms with Crippen molar-refractivity contribution >= 4 is 5.97 Å². The molecular formula is C31H30F5NO2. The molecule has 3 aromatic rings. The van der Waals surface area contributed by atoms with Crippen molar-refractivity contribution in [3.63, 3.8) is 0 Å². The highest BCUT2D eigenvalue weighted by atomic mass is 19.4. The van der Waals surface area contributed by atoms with Gasteiger partial charge in [0, 0.05) is 0 Å². The summed E-state index contributed by atoms with van der Waals surface area (Å²) in [5.41, 5.74) is 0.317. The van der Waals surface area contributed by atoms with Gasteiger partial charge in [-0.05, 0) is 103 Å². The Kier molecular flexibility index (Phi) is 7.27. The van der Waals surface area contributed by atoms with E-state index in [0.29, 0.717) is 35.4 Å². The first-order valence-electron chi connectivity index (χ1n) is 13.2. The second kappa shape index (κ2) is 10.4. The van der Waals surface area contributed by atoms with Crippen molar-refractivity contribution in [3.05, 3.63) is 94.6 Å². The number of likely N-dealkylation sites (tertiary alicyclic amines) is 1. The molecule has 5 rings (SSSR count). The molecule has 1 N–H and O–H groups in total. The van der Waals surface area contributed by atoms with Gasteiger partial charge in [-0.15, -0.1) is 0 Å². The molecule has 206 valence electrons. The van der Waals surface area contributed by atoms with E-state index in [2.05, 4.69) is 11.8 Å². The molecule has 0 spiro atoms. The number of benzene rings is 3. The zero-order valence-corrected chi connectivity index (χ0v) is 21.6. The van der Waals surface area contributed by atoms with E-state index in [0.717, 1.165) is 50.0 Å². The van der Waals surface area contributed by atoms with Crippen LogP contribution in [-0.2, 0) is 16.4 Å². The molecule has 2 fully saturated rings. The molecule has 3 aromatic carbocycles. The number of carbonyl (C=O) groups is 1. The van der Waals surface area contributed by atoms with Crippen LogP contribution < -0.4 is 0 Å². The highest BCUT2D eigenvalue weighted by Crippen LogP contribution is 2.47. The van der Waals surface area contributed by atoms with Gasteiger partial charge in [-0.25, -0.2) is 8.78 Å². The average molecular weight is 544 g/mol. The Bertz CT molecular complexity index is 1360. The number of hydrogen-bond acceptors (Lipinski definition) is 2. The minimum atomic E-state index is -4.84. The molecule has 0 unspecified atom stereocenters. The third-order valence-electron chi connectivity index (χ3n) is 8.47. The van der Waals surface area contributed by atoms with E-state index < -0.39 is 34.8 Å². The second-order valence-electron chi connectivity index (χ2n) is 10.9. The van der Waals surface area contributed by atoms with Gasteiger partial charge in [-0.2, -0.15) is 13.2 Å². The third-order valence-corrected chi connectivity index (χ3v) is 8.47. The fourth-order valence-electron chi connectivity index (χ4n) is 5.93. The van der Waals surface area contributed by atoms with Crippen LogP contribution in [0.15, 0.2) is 60.7 Å². The van der Waals surface area contributed by atoms with Crippen molar-refractivity contribution in [3.8, 4) is 11.1 Å². The van der Waals surface area contributed by atoms with Gasteiger partial charge in [-0.3, -0.25) is 9.69 Å². The standard InChI is InChI=1S/C31H30F5NO2/c1-19-11-15-37(16-12-19)28(20-3-7-23(32)8-4-20)24-9-6-22(30(29(38)39)13-2-14-30)18-25(24)21-5-10-26(27(33)17-21)31(34,35)36/h3-10,17-19,28H,2,11-16H2,1H3,(H,38,39)/t28-/m1/s1. The maximum absolute atomic E-state index is 14.8. The van der Waals surface area contributed by atoms with Crippen molar-refractivity contribution in [2.75, 3.05) is 13.1 Å². The minimum Gasteiger partial charge on any atom is -0.481 e. The van der Waals surface area contributed by atoms with Crippen molar-refractivity contribution in [2.24, 2.45) is 5.92 Å². The smallest absolute Gasteiger partial charge is 0.419 e. The SMILES string of the molecule is CC1CCN([C@H](c2ccc(F)cc2)c2ccc(C3(C(=O)O)CCC3)cc2-c2ccc(C(F)(F)F)c(F)c2)CC1. The fraction of sp³-hybridized carbons (Fsp3) is 0.387. The summed E-state index contributed by atoms with van der Waals surface area (Å²) in [6.07, 6.45) is -1.29. The number of hydrogen-bond donors (Lipinski definition) is 1. The van der Waals surface area contributed by atoms with Gasteiger partial charge < -0.3 is 5.11 Å². The van der Waals surface area contributed by atoms with Crippen molar-refractivity contribution in [2.45, 2.75) is 56.7 Å². The quantitative estimate of drug-likeness (QED) is 0.321. The minimum absolute atomic E-state index is 0.231. The molecule has 0 aromatic heterocycles. The summed E-state index contributed by atoms with van der Waals surface area (Å²) >= 11 is 0. The van der Waals surface area contributed by atoms with E-state index in [9.17, 15) is 31.9 Å². The normalized spacial score (nSPS) is 18.9. The summed E-state index contributed by atoms with van der Waals surface area (Å²) < 4.78 is 68.7. The Morgan fingerprint density at radius 2 is 1.64 bits per heavy atom. The van der Waals surface area contributed by atoms with Gasteiger partial charge in [0.1, 0.15) is 11.6 Å². The number of alkyl halides is 3. The lowest BCUT2D eigenvalue weighted by molar-refractivity contribution is -0.147. The van der Waals surface area contributed by atoms with Gasteiger partial charge in [-0.1, -0.05) is 43.7 Å². The van der Waals surface area contributed by atoms with Gasteiger partial charge in [0.2, 0.25) is 0 Å². The zero-order valence-electron chi connectivity index (χ0n) is 21.6. The van der Waals surface area contributed by atoms with Crippen LogP contribution in [0.5, 0.6) is 0 Å². The number of piperidine rings is 1. The molecule has 3 nitrogen and oxygen atoms in total. The molecule has 8 heteroatoms. The van der Waals surface area contributed by atoms with Crippen LogP contribution in [0.4, 0.5) is 22.0 Å². The first-order chi connectivity index (χ1) is 18.5. The Morgan fingerprint density at radius 3 is 2.18 bits per heavy atom. The monoisotopic (exact) mass is 543 g/mol. The summed E-state index contributed by atoms with van der Waals surface area (Å²) in [6, 6.07) is 13.9. The molecule has 1 atom stereocenters. The summed E-state index contributed by atoms with van der Waals surface area (Å²) in [5, 5.41) is 10.1. The average Bonchev–Trinajstić information content (AvgIpc) is 2.85. The van der Waals surface area contributed by atoms with E-state index in [1.807, 2.05) is 6.07 Å². The zero-order chi connectivity index (χ0) is 27.9. The number of carboxylic acids is 1. The molecule has 1 heterocycles. The first-order valence-corrected chi connectivity index (χ1v) is 13.2. The van der Waals surface area contributed by atoms with E-state index in [-0.39, 0.29) is 11.6 Å². The lowest BCUT2D eigenvalue weighted by Gasteiger charge is -2.40. The van der Waals surface area contributed by atoms with Gasteiger partial charge >= 0.3 is 12.1 Å². The summed E-state index contributed by atoms with van der Waals surface area (Å²) in [4.78, 5) is 14.5. The molecule has 1 saturated heterocycles. The predicted molar refractivity (Wildman–Crippen MR) is 138 cm³/mol. The number of carboxylic acid groups (broad SMARTS) is 1. The maximum atomic E-state index is 14.8. The van der Waals surface area contributed by atoms with Crippen molar-refractivity contribution in [1.29, 1.82) is 0 Å². The van der Waals surface area contributed by atoms with Crippen LogP contribution in [0.25, 0.3) is 11.1 Å². The maximum Gasteiger partial charge on any atom is 0.419 e. The molecule has 39 heavy (non-hydrogen) atoms. The van der Waals surface area contributed by atoms with Crippen LogP contribution >= 0.6 is 0 Å². The van der Waals surface area contributed by atoms with Crippen molar-refractivity contribution < 1.29 is 31.9 Å². The largest absolute Gasteiger partial charge is 0.481 e. The number of aliphatic carboxylic acids is 1. The summed E-state index contributed by atoms with van der Waals surface area (Å²) in [7, 11) is 0. The van der Waals surface area contributed by atoms with E-state index >= 15 is 0 Å². The molecule has 1 aliphatic carbocycles. The molecular weight excluding hydrogens is 513 g/mol. The highest BCUT2D eigenvalue weighted by molar-refractivity contribution is 5.84. The molecule has 0 bridgehead atoms. The highest BCUT2D eigenvalue weighted by Gasteiger charge is 2.46. The lowest BCUT2D eigenvalue weighted by Crippen LogP contribution is -2.42. The van der Waals surface area contributed by atoms with Crippen LogP contribution in [0.2, 0.25) is 0 Å². The van der Waals surface area contributed by atoms with Gasteiger partial charge in [0.25, 0.3) is 0 Å². The van der Waals surface area contributed by atoms with E-state index in [1.165, 1.54) is 18.2 Å². The Labute approximate surface area is 224 Å². The number of halogens is 5. The molecule has 0 radical (unpaired) electrons. The third kappa shape index (κ3) is 5.19. The Balaban J connectivity index is 1.71. The fourth-order valence-corrected chi connectivity index (χ4v) is 5.93. The Morgan fingerprint density at radius 1 is 0.974 bits per heavy atom. The number of nitrogens with zero attached hydrogens (tertiary/aromatic N) is 1. The van der Waals surface area contributed by atoms with Crippen LogP contribution in [0, 0.1) is 17.6 Å². The summed E-state index contributed by atoms with van der Waals surface area (Å²) in [5.74, 6) is -2.20. The first kappa shape index (κ1) is 27.3. The van der Waals surface area contributed by atoms with Crippen molar-refractivity contribution in [1.82, 2.24) is 4.90 Å². The van der Waals surface area contributed by atoms with Gasteiger partial charge in [0.15, 0.2) is 0 Å². The van der Waals surface area contributed by atoms with E-state index in [1.54, 1.807) is 24.3 Å². The van der Waals surface area contributed by atoms with Crippen LogP contribution in [0.1, 0.15) is 67.3 Å². The molecule has 1 saturated carbocycles. The summed E-state index contributed by atoms with van der Waals surface area (Å²) in [6.45, 7) is 3.69. The lowest BCUT2D eigenvalue weighted by atomic mass is 9.64. The van der Waals surface area contributed by atoms with E-state index in [4.69, 9.17) is 0 Å². The predicted octanol–water partition coefficient (Wildman–Crippen LogP) is 7.98. The molecule has 0 amide bonds. The molecule has 2 aliphatic rings. The van der Waals surface area contributed by atoms with Crippen LogP contribution in [-0.4, -0.2) is 29.1 Å².